The van der Waals surface area contributed by atoms with Gasteiger partial charge in [0.05, 0.1) is 5.69 Å². The number of hydrogen-bond donors (Lipinski definition) is 1. The lowest BCUT2D eigenvalue weighted by Gasteiger charge is -2.41. The van der Waals surface area contributed by atoms with E-state index in [1.807, 2.05) is 17.1 Å². The molecule has 1 saturated carbocycles. The third-order valence-corrected chi connectivity index (χ3v) is 4.99. The molecule has 0 radical (unpaired) electrons. The largest absolute Gasteiger partial charge is 0.369 e. The van der Waals surface area contributed by atoms with Crippen molar-refractivity contribution in [2.24, 2.45) is 0 Å². The molecule has 0 atom stereocenters. The van der Waals surface area contributed by atoms with Gasteiger partial charge in [-0.2, -0.15) is 5.10 Å². The fraction of sp³-hybridized carbons (Fsp3) is 0.467. The summed E-state index contributed by atoms with van der Waals surface area (Å²) in [5, 5.41) is 9.01. The minimum atomic E-state index is -0.00789. The van der Waals surface area contributed by atoms with Crippen LogP contribution in [0.25, 0.3) is 0 Å². The van der Waals surface area contributed by atoms with Gasteiger partial charge in [0.2, 0.25) is 0 Å². The zero-order chi connectivity index (χ0) is 13.6. The molecule has 0 unspecified atom stereocenters. The van der Waals surface area contributed by atoms with Crippen molar-refractivity contribution < 1.29 is 0 Å². The molecule has 4 rings (SSSR count). The third kappa shape index (κ3) is 1.61. The molecule has 1 fully saturated rings. The first-order chi connectivity index (χ1) is 9.81. The molecule has 3 heterocycles. The summed E-state index contributed by atoms with van der Waals surface area (Å²) in [7, 11) is 0. The Labute approximate surface area is 123 Å². The summed E-state index contributed by atoms with van der Waals surface area (Å²) >= 11 is 6.63. The van der Waals surface area contributed by atoms with Crippen LogP contribution in [0.15, 0.2) is 24.5 Å². The Morgan fingerprint density at radius 2 is 2.00 bits per heavy atom. The van der Waals surface area contributed by atoms with Crippen molar-refractivity contribution in [1.29, 1.82) is 0 Å². The molecule has 2 aromatic heterocycles. The van der Waals surface area contributed by atoms with Crippen molar-refractivity contribution in [2.45, 2.75) is 37.6 Å². The molecular formula is C15H17ClN4. The Morgan fingerprint density at radius 1 is 1.20 bits per heavy atom. The molecule has 4 nitrogen and oxygen atoms in total. The van der Waals surface area contributed by atoms with Crippen LogP contribution >= 0.6 is 11.6 Å². The highest BCUT2D eigenvalue weighted by molar-refractivity contribution is 6.33. The molecular weight excluding hydrogens is 272 g/mol. The predicted molar refractivity (Wildman–Crippen MR) is 79.2 cm³/mol. The van der Waals surface area contributed by atoms with Crippen LogP contribution in [0.4, 0.5) is 5.82 Å². The van der Waals surface area contributed by atoms with E-state index in [-0.39, 0.29) is 5.41 Å². The summed E-state index contributed by atoms with van der Waals surface area (Å²) in [6.45, 7) is 1.93. The quantitative estimate of drug-likeness (QED) is 0.923. The summed E-state index contributed by atoms with van der Waals surface area (Å²) in [5.74, 6) is 0.994. The maximum Gasteiger partial charge on any atom is 0.143 e. The summed E-state index contributed by atoms with van der Waals surface area (Å²) in [4.78, 5) is 4.13. The van der Waals surface area contributed by atoms with Crippen LogP contribution in [0, 0.1) is 0 Å². The molecule has 20 heavy (non-hydrogen) atoms. The van der Waals surface area contributed by atoms with Gasteiger partial charge >= 0.3 is 0 Å². The van der Waals surface area contributed by atoms with Crippen LogP contribution in [0.1, 0.15) is 36.9 Å². The van der Waals surface area contributed by atoms with Crippen LogP contribution < -0.4 is 5.32 Å². The van der Waals surface area contributed by atoms with Crippen LogP contribution in [0.2, 0.25) is 5.02 Å². The summed E-state index contributed by atoms with van der Waals surface area (Å²) in [6, 6.07) is 4.20. The molecule has 0 aromatic carbocycles. The average Bonchev–Trinajstić information content (AvgIpc) is 2.78. The highest BCUT2D eigenvalue weighted by atomic mass is 35.5. The predicted octanol–water partition coefficient (Wildman–Crippen LogP) is 3.22. The van der Waals surface area contributed by atoms with E-state index in [4.69, 9.17) is 16.7 Å². The SMILES string of the molecule is Clc1c(C2(c3ccncc3)CCC2)nn2c1NCCC2. The van der Waals surface area contributed by atoms with Gasteiger partial charge in [-0.25, -0.2) is 4.68 Å². The average molecular weight is 289 g/mol. The molecule has 1 aliphatic heterocycles. The van der Waals surface area contributed by atoms with Crippen molar-refractivity contribution in [3.8, 4) is 0 Å². The zero-order valence-electron chi connectivity index (χ0n) is 11.3. The van der Waals surface area contributed by atoms with Crippen LogP contribution in [-0.2, 0) is 12.0 Å². The van der Waals surface area contributed by atoms with Gasteiger partial charge in [-0.1, -0.05) is 18.0 Å². The first-order valence-electron chi connectivity index (χ1n) is 7.22. The van der Waals surface area contributed by atoms with E-state index in [0.29, 0.717) is 0 Å². The first kappa shape index (κ1) is 12.2. The lowest BCUT2D eigenvalue weighted by Crippen LogP contribution is -2.36. The zero-order valence-corrected chi connectivity index (χ0v) is 12.0. The fourth-order valence-corrected chi connectivity index (χ4v) is 3.76. The number of halogens is 1. The summed E-state index contributed by atoms with van der Waals surface area (Å²) < 4.78 is 2.03. The number of nitrogens with zero attached hydrogens (tertiary/aromatic N) is 3. The lowest BCUT2D eigenvalue weighted by molar-refractivity contribution is 0.290. The van der Waals surface area contributed by atoms with E-state index < -0.39 is 0 Å². The van der Waals surface area contributed by atoms with E-state index in [2.05, 4.69) is 22.4 Å². The van der Waals surface area contributed by atoms with Gasteiger partial charge in [-0.15, -0.1) is 0 Å². The van der Waals surface area contributed by atoms with Gasteiger partial charge in [0, 0.05) is 30.9 Å². The number of hydrogen-bond acceptors (Lipinski definition) is 3. The van der Waals surface area contributed by atoms with E-state index >= 15 is 0 Å². The van der Waals surface area contributed by atoms with Crippen molar-refractivity contribution in [2.75, 3.05) is 11.9 Å². The van der Waals surface area contributed by atoms with Crippen molar-refractivity contribution in [3.05, 3.63) is 40.8 Å². The monoisotopic (exact) mass is 288 g/mol. The van der Waals surface area contributed by atoms with Gasteiger partial charge in [-0.05, 0) is 37.0 Å². The van der Waals surface area contributed by atoms with E-state index in [0.717, 1.165) is 48.9 Å². The smallest absolute Gasteiger partial charge is 0.143 e. The highest BCUT2D eigenvalue weighted by Crippen LogP contribution is 2.51. The molecule has 0 saturated heterocycles. The first-order valence-corrected chi connectivity index (χ1v) is 7.60. The number of aromatic nitrogens is 3. The van der Waals surface area contributed by atoms with Gasteiger partial charge in [0.15, 0.2) is 0 Å². The number of anilines is 1. The number of aryl methyl sites for hydroxylation is 1. The Hall–Kier alpha value is -1.55. The number of rotatable bonds is 2. The number of pyridine rings is 1. The summed E-state index contributed by atoms with van der Waals surface area (Å²) in [6.07, 6.45) is 8.29. The topological polar surface area (TPSA) is 42.7 Å². The van der Waals surface area contributed by atoms with E-state index in [1.54, 1.807) is 0 Å². The minimum absolute atomic E-state index is 0.00789. The van der Waals surface area contributed by atoms with Crippen molar-refractivity contribution in [1.82, 2.24) is 14.8 Å². The second-order valence-corrected chi connectivity index (χ2v) is 6.06. The number of fused-ring (bicyclic) bond motifs is 1. The van der Waals surface area contributed by atoms with Crippen molar-refractivity contribution >= 4 is 17.4 Å². The van der Waals surface area contributed by atoms with Crippen LogP contribution in [0.5, 0.6) is 0 Å². The molecule has 0 spiro atoms. The Kier molecular flexibility index (Phi) is 2.74. The minimum Gasteiger partial charge on any atom is -0.369 e. The Balaban J connectivity index is 1.85. The molecule has 2 aliphatic rings. The Morgan fingerprint density at radius 3 is 2.65 bits per heavy atom. The van der Waals surface area contributed by atoms with Gasteiger partial charge in [0.1, 0.15) is 10.8 Å². The van der Waals surface area contributed by atoms with Gasteiger partial charge in [0.25, 0.3) is 0 Å². The highest BCUT2D eigenvalue weighted by Gasteiger charge is 2.45. The van der Waals surface area contributed by atoms with E-state index in [9.17, 15) is 0 Å². The fourth-order valence-electron chi connectivity index (χ4n) is 3.38. The normalized spacial score (nSPS) is 19.9. The van der Waals surface area contributed by atoms with Gasteiger partial charge in [-0.3, -0.25) is 4.98 Å². The maximum absolute atomic E-state index is 6.63. The lowest BCUT2D eigenvalue weighted by atomic mass is 9.62. The molecule has 5 heteroatoms. The molecule has 1 aliphatic carbocycles. The van der Waals surface area contributed by atoms with E-state index in [1.165, 1.54) is 12.0 Å². The molecule has 0 bridgehead atoms. The standard InChI is InChI=1S/C15H17ClN4/c16-12-13(19-20-10-2-7-18-14(12)20)15(5-1-6-15)11-3-8-17-9-4-11/h3-4,8-9,18H,1-2,5-7,10H2. The Bertz CT molecular complexity index is 631. The third-order valence-electron chi connectivity index (χ3n) is 4.63. The van der Waals surface area contributed by atoms with Crippen LogP contribution in [-0.4, -0.2) is 21.3 Å². The van der Waals surface area contributed by atoms with Gasteiger partial charge < -0.3 is 5.32 Å². The molecule has 0 amide bonds. The van der Waals surface area contributed by atoms with Crippen molar-refractivity contribution in [3.63, 3.8) is 0 Å². The van der Waals surface area contributed by atoms with Crippen LogP contribution in [0.3, 0.4) is 0 Å². The maximum atomic E-state index is 6.63. The second kappa shape index (κ2) is 4.48. The molecule has 104 valence electrons. The summed E-state index contributed by atoms with van der Waals surface area (Å²) in [5.41, 5.74) is 2.32. The second-order valence-electron chi connectivity index (χ2n) is 5.69. The molecule has 1 N–H and O–H groups in total. The molecule has 2 aromatic rings. The number of nitrogens with one attached hydrogen (secondary N) is 1.